The Labute approximate surface area is 122 Å². The van der Waals surface area contributed by atoms with Crippen molar-refractivity contribution < 1.29 is 14.0 Å². The van der Waals surface area contributed by atoms with E-state index in [1.807, 2.05) is 32.0 Å². The van der Waals surface area contributed by atoms with Crippen LogP contribution in [0.3, 0.4) is 0 Å². The first-order valence-corrected chi connectivity index (χ1v) is 7.25. The monoisotopic (exact) mass is 276 g/mol. The summed E-state index contributed by atoms with van der Waals surface area (Å²) in [6.45, 7) is 14.4. The molecule has 2 rings (SSSR count). The lowest BCUT2D eigenvalue weighted by Crippen LogP contribution is -2.41. The summed E-state index contributed by atoms with van der Waals surface area (Å²) >= 11 is 0. The Morgan fingerprint density at radius 2 is 1.60 bits per heavy atom. The van der Waals surface area contributed by atoms with Gasteiger partial charge in [-0.15, -0.1) is 0 Å². The highest BCUT2D eigenvalue weighted by Crippen LogP contribution is 2.36. The van der Waals surface area contributed by atoms with Crippen LogP contribution in [0.5, 0.6) is 5.75 Å². The smallest absolute Gasteiger partial charge is 0.491 e. The maximum Gasteiger partial charge on any atom is 0.495 e. The summed E-state index contributed by atoms with van der Waals surface area (Å²) in [5.41, 5.74) is 1.58. The molecule has 4 heteroatoms. The quantitative estimate of drug-likeness (QED) is 0.794. The molecule has 1 saturated heterocycles. The van der Waals surface area contributed by atoms with Crippen molar-refractivity contribution >= 4 is 12.6 Å². The van der Waals surface area contributed by atoms with Crippen molar-refractivity contribution in [3.63, 3.8) is 0 Å². The van der Waals surface area contributed by atoms with E-state index in [-0.39, 0.29) is 24.4 Å². The average molecular weight is 276 g/mol. The molecule has 1 fully saturated rings. The van der Waals surface area contributed by atoms with Gasteiger partial charge in [-0.05, 0) is 71.6 Å². The van der Waals surface area contributed by atoms with Gasteiger partial charge >= 0.3 is 7.12 Å². The minimum absolute atomic E-state index is 0.178. The minimum Gasteiger partial charge on any atom is -0.491 e. The molecule has 0 atom stereocenters. The maximum atomic E-state index is 6.09. The molecule has 0 aromatic heterocycles. The molecule has 1 aromatic rings. The lowest BCUT2D eigenvalue weighted by Gasteiger charge is -2.32. The van der Waals surface area contributed by atoms with Gasteiger partial charge in [0.15, 0.2) is 0 Å². The molecule has 0 unspecified atom stereocenters. The van der Waals surface area contributed by atoms with Crippen LogP contribution in [-0.2, 0) is 9.31 Å². The molecule has 3 nitrogen and oxygen atoms in total. The van der Waals surface area contributed by atoms with Crippen LogP contribution >= 0.6 is 0 Å². The summed E-state index contributed by atoms with van der Waals surface area (Å²) in [6.07, 6.45) is 0.178. The third-order valence-electron chi connectivity index (χ3n) is 4.12. The van der Waals surface area contributed by atoms with Crippen molar-refractivity contribution in [1.29, 1.82) is 0 Å². The number of aryl methyl sites for hydroxylation is 1. The minimum atomic E-state index is -0.312. The van der Waals surface area contributed by atoms with Gasteiger partial charge in [-0.3, -0.25) is 0 Å². The zero-order valence-corrected chi connectivity index (χ0v) is 13.6. The summed E-state index contributed by atoms with van der Waals surface area (Å²) in [5.74, 6) is 0.887. The van der Waals surface area contributed by atoms with E-state index < -0.39 is 0 Å². The highest BCUT2D eigenvalue weighted by molar-refractivity contribution is 6.62. The van der Waals surface area contributed by atoms with E-state index in [1.54, 1.807) is 0 Å². The highest BCUT2D eigenvalue weighted by atomic mass is 16.7. The molecule has 1 heterocycles. The van der Waals surface area contributed by atoms with Crippen LogP contribution in [0.25, 0.3) is 0 Å². The first-order valence-electron chi connectivity index (χ1n) is 7.25. The summed E-state index contributed by atoms with van der Waals surface area (Å²) in [5, 5.41) is 0. The summed E-state index contributed by atoms with van der Waals surface area (Å²) < 4.78 is 17.9. The van der Waals surface area contributed by atoms with E-state index >= 15 is 0 Å². The molecule has 0 aliphatic carbocycles. The normalized spacial score (nSPS) is 20.5. The summed E-state index contributed by atoms with van der Waals surface area (Å²) in [6, 6.07) is 6.06. The fourth-order valence-corrected chi connectivity index (χ4v) is 2.23. The van der Waals surface area contributed by atoms with Gasteiger partial charge in [0.25, 0.3) is 0 Å². The van der Waals surface area contributed by atoms with Gasteiger partial charge < -0.3 is 14.0 Å². The molecule has 1 aromatic carbocycles. The molecule has 0 bridgehead atoms. The third kappa shape index (κ3) is 2.86. The molecule has 0 N–H and O–H groups in total. The molecular weight excluding hydrogens is 251 g/mol. The van der Waals surface area contributed by atoms with Crippen molar-refractivity contribution in [2.75, 3.05) is 0 Å². The molecule has 0 radical (unpaired) electrons. The Hall–Kier alpha value is -0.995. The van der Waals surface area contributed by atoms with Crippen molar-refractivity contribution in [1.82, 2.24) is 0 Å². The number of benzene rings is 1. The van der Waals surface area contributed by atoms with Crippen molar-refractivity contribution in [3.05, 3.63) is 23.8 Å². The van der Waals surface area contributed by atoms with Crippen molar-refractivity contribution in [2.24, 2.45) is 0 Å². The zero-order valence-electron chi connectivity index (χ0n) is 13.6. The standard InChI is InChI=1S/C16H25BO3/c1-11(2)18-13-8-9-14(12(3)10-13)17-19-15(4,5)16(6,7)20-17/h8-11H,1-7H3. The SMILES string of the molecule is Cc1cc(OC(C)C)ccc1B1OC(C)(C)C(C)(C)O1. The molecule has 1 aliphatic heterocycles. The van der Waals surface area contributed by atoms with E-state index in [0.717, 1.165) is 16.8 Å². The van der Waals surface area contributed by atoms with Crippen LogP contribution in [0.1, 0.15) is 47.1 Å². The molecule has 0 spiro atoms. The van der Waals surface area contributed by atoms with Crippen LogP contribution in [0.2, 0.25) is 0 Å². The fraction of sp³-hybridized carbons (Fsp3) is 0.625. The summed E-state index contributed by atoms with van der Waals surface area (Å²) in [7, 11) is -0.312. The largest absolute Gasteiger partial charge is 0.495 e. The second-order valence-corrected chi connectivity index (χ2v) is 6.77. The Morgan fingerprint density at radius 3 is 2.05 bits per heavy atom. The van der Waals surface area contributed by atoms with Crippen LogP contribution in [0.4, 0.5) is 0 Å². The molecular formula is C16H25BO3. The molecule has 1 aliphatic rings. The number of hydrogen-bond acceptors (Lipinski definition) is 3. The van der Waals surface area contributed by atoms with Crippen LogP contribution in [0.15, 0.2) is 18.2 Å². The van der Waals surface area contributed by atoms with Gasteiger partial charge in [0.1, 0.15) is 5.75 Å². The number of hydrogen-bond donors (Lipinski definition) is 0. The molecule has 0 saturated carbocycles. The summed E-state index contributed by atoms with van der Waals surface area (Å²) in [4.78, 5) is 0. The highest BCUT2D eigenvalue weighted by Gasteiger charge is 2.52. The predicted molar refractivity (Wildman–Crippen MR) is 82.7 cm³/mol. The van der Waals surface area contributed by atoms with E-state index in [4.69, 9.17) is 14.0 Å². The van der Waals surface area contributed by atoms with Crippen LogP contribution in [-0.4, -0.2) is 24.4 Å². The number of ether oxygens (including phenoxy) is 1. The second-order valence-electron chi connectivity index (χ2n) is 6.77. The molecule has 110 valence electrons. The van der Waals surface area contributed by atoms with Crippen LogP contribution in [0, 0.1) is 6.92 Å². The Bertz CT molecular complexity index is 478. The lowest BCUT2D eigenvalue weighted by molar-refractivity contribution is 0.00578. The zero-order chi connectivity index (χ0) is 15.1. The first-order chi connectivity index (χ1) is 9.12. The average Bonchev–Trinajstić information content (AvgIpc) is 2.46. The lowest BCUT2D eigenvalue weighted by atomic mass is 9.76. The Kier molecular flexibility index (Phi) is 3.91. The Morgan fingerprint density at radius 1 is 1.05 bits per heavy atom. The van der Waals surface area contributed by atoms with Gasteiger partial charge in [-0.1, -0.05) is 6.07 Å². The molecule has 20 heavy (non-hydrogen) atoms. The van der Waals surface area contributed by atoms with E-state index in [9.17, 15) is 0 Å². The van der Waals surface area contributed by atoms with Gasteiger partial charge in [-0.2, -0.15) is 0 Å². The van der Waals surface area contributed by atoms with E-state index in [2.05, 4.69) is 34.6 Å². The second kappa shape index (κ2) is 5.08. The van der Waals surface area contributed by atoms with Gasteiger partial charge in [0.05, 0.1) is 17.3 Å². The third-order valence-corrected chi connectivity index (χ3v) is 4.12. The van der Waals surface area contributed by atoms with Crippen LogP contribution < -0.4 is 10.2 Å². The van der Waals surface area contributed by atoms with Gasteiger partial charge in [0, 0.05) is 0 Å². The Balaban J connectivity index is 2.23. The predicted octanol–water partition coefficient (Wildman–Crippen LogP) is 3.08. The van der Waals surface area contributed by atoms with Crippen molar-refractivity contribution in [3.8, 4) is 5.75 Å². The maximum absolute atomic E-state index is 6.09. The van der Waals surface area contributed by atoms with Gasteiger partial charge in [-0.25, -0.2) is 0 Å². The fourth-order valence-electron chi connectivity index (χ4n) is 2.23. The van der Waals surface area contributed by atoms with E-state index in [0.29, 0.717) is 0 Å². The first kappa shape index (κ1) is 15.4. The van der Waals surface area contributed by atoms with E-state index in [1.165, 1.54) is 0 Å². The topological polar surface area (TPSA) is 27.7 Å². The van der Waals surface area contributed by atoms with Gasteiger partial charge in [0.2, 0.25) is 0 Å². The number of rotatable bonds is 3. The van der Waals surface area contributed by atoms with Crippen molar-refractivity contribution in [2.45, 2.75) is 65.8 Å². The molecule has 0 amide bonds.